The highest BCUT2D eigenvalue weighted by atomic mass is 32.2. The lowest BCUT2D eigenvalue weighted by atomic mass is 9.89. The number of carbonyl (C=O) groups is 1. The Kier molecular flexibility index (Phi) is 3.14. The van der Waals surface area contributed by atoms with Gasteiger partial charge in [0.25, 0.3) is 0 Å². The van der Waals surface area contributed by atoms with E-state index in [-0.39, 0.29) is 11.4 Å². The molecule has 1 unspecified atom stereocenters. The molecule has 0 bridgehead atoms. The van der Waals surface area contributed by atoms with Crippen LogP contribution in [0, 0.1) is 5.41 Å². The molecule has 3 nitrogen and oxygen atoms in total. The van der Waals surface area contributed by atoms with Crippen LogP contribution in [0.5, 0.6) is 0 Å². The van der Waals surface area contributed by atoms with Gasteiger partial charge in [0.15, 0.2) is 0 Å². The van der Waals surface area contributed by atoms with Gasteiger partial charge in [0.05, 0.1) is 7.11 Å². The van der Waals surface area contributed by atoms with E-state index in [0.29, 0.717) is 15.9 Å². The van der Waals surface area contributed by atoms with Crippen LogP contribution in [-0.2, 0) is 9.53 Å². The topological polar surface area (TPSA) is 52.3 Å². The molecular formula is C10H17NO2S. The first-order valence-corrected chi connectivity index (χ1v) is 5.48. The summed E-state index contributed by atoms with van der Waals surface area (Å²) in [4.78, 5) is 11.9. The average Bonchev–Trinajstić information content (AvgIpc) is 2.45. The highest BCUT2D eigenvalue weighted by Crippen LogP contribution is 2.44. The second-order valence-corrected chi connectivity index (χ2v) is 5.74. The Labute approximate surface area is 89.1 Å². The molecule has 4 heteroatoms. The minimum atomic E-state index is -0.306. The fraction of sp³-hybridized carbons (Fsp3) is 0.700. The van der Waals surface area contributed by atoms with Crippen molar-refractivity contribution < 1.29 is 9.53 Å². The van der Waals surface area contributed by atoms with Crippen molar-refractivity contribution in [2.75, 3.05) is 7.11 Å². The zero-order valence-electron chi connectivity index (χ0n) is 9.09. The van der Waals surface area contributed by atoms with Crippen LogP contribution in [0.25, 0.3) is 0 Å². The summed E-state index contributed by atoms with van der Waals surface area (Å²) in [5, 5.41) is 0.372. The van der Waals surface area contributed by atoms with Crippen LogP contribution in [0.4, 0.5) is 0 Å². The molecule has 0 aromatic carbocycles. The van der Waals surface area contributed by atoms with Gasteiger partial charge in [0.2, 0.25) is 0 Å². The Morgan fingerprint density at radius 2 is 2.14 bits per heavy atom. The molecule has 1 atom stereocenters. The van der Waals surface area contributed by atoms with Crippen LogP contribution in [0.15, 0.2) is 10.6 Å². The fourth-order valence-electron chi connectivity index (χ4n) is 1.31. The third-order valence-corrected chi connectivity index (χ3v) is 4.12. The number of thioether (sulfide) groups is 1. The third-order valence-electron chi connectivity index (χ3n) is 2.29. The van der Waals surface area contributed by atoms with Crippen molar-refractivity contribution >= 4 is 17.7 Å². The Hall–Kier alpha value is -0.640. The minimum Gasteiger partial charge on any atom is -0.465 e. The second-order valence-electron chi connectivity index (χ2n) is 4.52. The largest absolute Gasteiger partial charge is 0.465 e. The standard InChI is InChI=1S/C10H17NO2S/c1-10(2,3)7-5-6(11)8(14-7)9(12)13-4/h7H,5,11H2,1-4H3. The Bertz CT molecular complexity index is 278. The first kappa shape index (κ1) is 11.4. The number of hydrogen-bond donors (Lipinski definition) is 1. The quantitative estimate of drug-likeness (QED) is 0.679. The number of rotatable bonds is 1. The fourth-order valence-corrected chi connectivity index (χ4v) is 2.62. The van der Waals surface area contributed by atoms with E-state index in [4.69, 9.17) is 5.73 Å². The van der Waals surface area contributed by atoms with Gasteiger partial charge >= 0.3 is 5.97 Å². The van der Waals surface area contributed by atoms with Crippen LogP contribution in [0.3, 0.4) is 0 Å². The van der Waals surface area contributed by atoms with E-state index in [9.17, 15) is 4.79 Å². The van der Waals surface area contributed by atoms with Crippen molar-refractivity contribution in [3.8, 4) is 0 Å². The zero-order valence-corrected chi connectivity index (χ0v) is 9.90. The number of carbonyl (C=O) groups excluding carboxylic acids is 1. The molecule has 0 saturated heterocycles. The summed E-state index contributed by atoms with van der Waals surface area (Å²) in [5.41, 5.74) is 6.63. The van der Waals surface area contributed by atoms with Crippen molar-refractivity contribution in [3.63, 3.8) is 0 Å². The first-order valence-electron chi connectivity index (χ1n) is 4.60. The van der Waals surface area contributed by atoms with Crippen LogP contribution < -0.4 is 5.73 Å². The van der Waals surface area contributed by atoms with Gasteiger partial charge in [-0.3, -0.25) is 0 Å². The van der Waals surface area contributed by atoms with Gasteiger partial charge in [-0.15, -0.1) is 11.8 Å². The number of esters is 1. The van der Waals surface area contributed by atoms with E-state index in [1.165, 1.54) is 18.9 Å². The molecule has 0 spiro atoms. The van der Waals surface area contributed by atoms with E-state index in [0.717, 1.165) is 6.42 Å². The summed E-state index contributed by atoms with van der Waals surface area (Å²) in [5.74, 6) is -0.306. The van der Waals surface area contributed by atoms with Crippen LogP contribution in [0.1, 0.15) is 27.2 Å². The molecule has 0 aliphatic carbocycles. The number of methoxy groups -OCH3 is 1. The van der Waals surface area contributed by atoms with E-state index >= 15 is 0 Å². The minimum absolute atomic E-state index is 0.158. The van der Waals surface area contributed by atoms with Crippen molar-refractivity contribution in [1.82, 2.24) is 0 Å². The smallest absolute Gasteiger partial charge is 0.346 e. The van der Waals surface area contributed by atoms with E-state index in [2.05, 4.69) is 25.5 Å². The predicted molar refractivity (Wildman–Crippen MR) is 58.7 cm³/mol. The van der Waals surface area contributed by atoms with E-state index in [1.54, 1.807) is 0 Å². The number of ether oxygens (including phenoxy) is 1. The highest BCUT2D eigenvalue weighted by molar-refractivity contribution is 8.04. The normalized spacial score (nSPS) is 22.7. The molecule has 1 aliphatic rings. The van der Waals surface area contributed by atoms with Crippen molar-refractivity contribution in [2.45, 2.75) is 32.4 Å². The lowest BCUT2D eigenvalue weighted by Gasteiger charge is -2.25. The van der Waals surface area contributed by atoms with Gasteiger partial charge in [-0.25, -0.2) is 4.79 Å². The maximum absolute atomic E-state index is 11.3. The molecule has 0 saturated carbocycles. The summed E-state index contributed by atoms with van der Waals surface area (Å²) in [6.07, 6.45) is 0.776. The summed E-state index contributed by atoms with van der Waals surface area (Å²) in [6.45, 7) is 6.45. The second kappa shape index (κ2) is 3.85. The molecule has 14 heavy (non-hydrogen) atoms. The molecule has 0 aromatic rings. The summed E-state index contributed by atoms with van der Waals surface area (Å²) in [7, 11) is 1.38. The lowest BCUT2D eigenvalue weighted by Crippen LogP contribution is -2.21. The molecule has 0 amide bonds. The molecule has 0 fully saturated rings. The number of allylic oxidation sites excluding steroid dienone is 1. The van der Waals surface area contributed by atoms with Crippen LogP contribution in [-0.4, -0.2) is 18.3 Å². The van der Waals surface area contributed by atoms with Crippen molar-refractivity contribution in [3.05, 3.63) is 10.6 Å². The van der Waals surface area contributed by atoms with Crippen molar-refractivity contribution in [2.24, 2.45) is 11.1 Å². The SMILES string of the molecule is COC(=O)C1=C(N)CC(C(C)(C)C)S1. The molecule has 2 N–H and O–H groups in total. The lowest BCUT2D eigenvalue weighted by molar-refractivity contribution is -0.135. The molecule has 1 heterocycles. The zero-order chi connectivity index (χ0) is 10.9. The molecular weight excluding hydrogens is 198 g/mol. The Morgan fingerprint density at radius 3 is 2.50 bits per heavy atom. The van der Waals surface area contributed by atoms with Crippen LogP contribution in [0.2, 0.25) is 0 Å². The first-order chi connectivity index (χ1) is 6.36. The average molecular weight is 215 g/mol. The molecule has 1 aliphatic heterocycles. The van der Waals surface area contributed by atoms with Gasteiger partial charge < -0.3 is 10.5 Å². The van der Waals surface area contributed by atoms with Gasteiger partial charge in [-0.2, -0.15) is 0 Å². The maximum Gasteiger partial charge on any atom is 0.346 e. The summed E-state index contributed by atoms with van der Waals surface area (Å²) >= 11 is 1.54. The Morgan fingerprint density at radius 1 is 1.57 bits per heavy atom. The third kappa shape index (κ3) is 2.23. The number of hydrogen-bond acceptors (Lipinski definition) is 4. The van der Waals surface area contributed by atoms with Gasteiger partial charge in [0, 0.05) is 17.4 Å². The maximum atomic E-state index is 11.3. The molecule has 0 radical (unpaired) electrons. The molecule has 1 rings (SSSR count). The van der Waals surface area contributed by atoms with Gasteiger partial charge in [-0.1, -0.05) is 20.8 Å². The Balaban J connectivity index is 2.75. The van der Waals surface area contributed by atoms with Gasteiger partial charge in [-0.05, 0) is 5.41 Å². The molecule has 0 aromatic heterocycles. The molecule has 80 valence electrons. The predicted octanol–water partition coefficient (Wildman–Crippen LogP) is 1.88. The van der Waals surface area contributed by atoms with E-state index in [1.807, 2.05) is 0 Å². The van der Waals surface area contributed by atoms with Gasteiger partial charge in [0.1, 0.15) is 4.91 Å². The van der Waals surface area contributed by atoms with E-state index < -0.39 is 0 Å². The summed E-state index contributed by atoms with van der Waals surface area (Å²) < 4.78 is 4.67. The monoisotopic (exact) mass is 215 g/mol. The van der Waals surface area contributed by atoms with Crippen molar-refractivity contribution in [1.29, 1.82) is 0 Å². The van der Waals surface area contributed by atoms with Crippen LogP contribution >= 0.6 is 11.8 Å². The highest BCUT2D eigenvalue weighted by Gasteiger charge is 2.35. The number of nitrogens with two attached hydrogens (primary N) is 1. The summed E-state index contributed by atoms with van der Waals surface area (Å²) in [6, 6.07) is 0.